The lowest BCUT2D eigenvalue weighted by atomic mass is 9.96. The van der Waals surface area contributed by atoms with Crippen molar-refractivity contribution in [2.45, 2.75) is 0 Å². The van der Waals surface area contributed by atoms with Gasteiger partial charge in [-0.3, -0.25) is 0 Å². The van der Waals surface area contributed by atoms with Crippen molar-refractivity contribution in [3.05, 3.63) is 182 Å². The SMILES string of the molecule is c1ccc2c(-c3ccc(-c4ccc5c(c4)c4ccccc4n5-c4ccc(-c5ccc(-c6nc7ccccc7o6)cc5)cc4)cc3)cccc2c1. The van der Waals surface area contributed by atoms with Crippen molar-refractivity contribution in [1.29, 1.82) is 0 Å². The molecule has 0 N–H and O–H groups in total. The van der Waals surface area contributed by atoms with Crippen LogP contribution in [0.4, 0.5) is 0 Å². The van der Waals surface area contributed by atoms with Gasteiger partial charge in [-0.2, -0.15) is 0 Å². The average molecular weight is 639 g/mol. The Kier molecular flexibility index (Phi) is 6.49. The minimum Gasteiger partial charge on any atom is -0.436 e. The van der Waals surface area contributed by atoms with E-state index >= 15 is 0 Å². The fourth-order valence-corrected chi connectivity index (χ4v) is 7.35. The molecule has 0 radical (unpaired) electrons. The van der Waals surface area contributed by atoms with E-state index in [0.717, 1.165) is 33.5 Å². The third-order valence-electron chi connectivity index (χ3n) is 9.88. The van der Waals surface area contributed by atoms with Gasteiger partial charge >= 0.3 is 0 Å². The molecule has 0 unspecified atom stereocenters. The zero-order valence-electron chi connectivity index (χ0n) is 27.1. The molecular weight excluding hydrogens is 609 g/mol. The molecule has 50 heavy (non-hydrogen) atoms. The van der Waals surface area contributed by atoms with Gasteiger partial charge in [-0.05, 0) is 98.8 Å². The zero-order valence-corrected chi connectivity index (χ0v) is 27.1. The molecule has 0 saturated heterocycles. The van der Waals surface area contributed by atoms with Crippen molar-refractivity contribution in [1.82, 2.24) is 9.55 Å². The number of rotatable bonds is 5. The van der Waals surface area contributed by atoms with Gasteiger partial charge in [0.15, 0.2) is 5.58 Å². The number of benzene rings is 8. The highest BCUT2D eigenvalue weighted by molar-refractivity contribution is 6.10. The summed E-state index contributed by atoms with van der Waals surface area (Å²) in [5.74, 6) is 0.639. The fourth-order valence-electron chi connectivity index (χ4n) is 7.35. The molecule has 2 heterocycles. The summed E-state index contributed by atoms with van der Waals surface area (Å²) in [4.78, 5) is 4.65. The maximum Gasteiger partial charge on any atom is 0.227 e. The Morgan fingerprint density at radius 1 is 0.400 bits per heavy atom. The first-order valence-electron chi connectivity index (χ1n) is 17.0. The lowest BCUT2D eigenvalue weighted by Crippen LogP contribution is -1.93. The van der Waals surface area contributed by atoms with E-state index in [1.54, 1.807) is 0 Å². The molecular formula is C47H30N2O. The number of nitrogens with zero attached hydrogens (tertiary/aromatic N) is 2. The van der Waals surface area contributed by atoms with Crippen LogP contribution in [0.15, 0.2) is 186 Å². The second-order valence-electron chi connectivity index (χ2n) is 12.8. The van der Waals surface area contributed by atoms with Crippen LogP contribution in [0.3, 0.4) is 0 Å². The van der Waals surface area contributed by atoms with Crippen molar-refractivity contribution < 1.29 is 4.42 Å². The maximum atomic E-state index is 5.98. The predicted octanol–water partition coefficient (Wildman–Crippen LogP) is 12.7. The molecule has 0 aliphatic heterocycles. The summed E-state index contributed by atoms with van der Waals surface area (Å²) in [6, 6.07) is 64.8. The molecule has 10 aromatic rings. The fraction of sp³-hybridized carbons (Fsp3) is 0. The molecule has 234 valence electrons. The van der Waals surface area contributed by atoms with Crippen molar-refractivity contribution >= 4 is 43.7 Å². The predicted molar refractivity (Wildman–Crippen MR) is 208 cm³/mol. The van der Waals surface area contributed by atoms with Gasteiger partial charge in [-0.1, -0.05) is 127 Å². The largest absolute Gasteiger partial charge is 0.436 e. The second-order valence-corrected chi connectivity index (χ2v) is 12.8. The molecule has 2 aromatic heterocycles. The van der Waals surface area contributed by atoms with E-state index in [-0.39, 0.29) is 0 Å². The van der Waals surface area contributed by atoms with Gasteiger partial charge < -0.3 is 8.98 Å². The number of hydrogen-bond acceptors (Lipinski definition) is 2. The topological polar surface area (TPSA) is 31.0 Å². The molecule has 3 nitrogen and oxygen atoms in total. The van der Waals surface area contributed by atoms with Crippen LogP contribution in [0.1, 0.15) is 0 Å². The Morgan fingerprint density at radius 3 is 1.78 bits per heavy atom. The Labute approximate surface area is 289 Å². The highest BCUT2D eigenvalue weighted by Crippen LogP contribution is 2.37. The summed E-state index contributed by atoms with van der Waals surface area (Å²) in [6.07, 6.45) is 0. The summed E-state index contributed by atoms with van der Waals surface area (Å²) >= 11 is 0. The van der Waals surface area contributed by atoms with Crippen LogP contribution in [0.2, 0.25) is 0 Å². The molecule has 10 rings (SSSR count). The Balaban J connectivity index is 0.974. The van der Waals surface area contributed by atoms with E-state index in [1.165, 1.54) is 54.8 Å². The van der Waals surface area contributed by atoms with Gasteiger partial charge in [0.2, 0.25) is 5.89 Å². The van der Waals surface area contributed by atoms with Gasteiger partial charge in [-0.25, -0.2) is 4.98 Å². The van der Waals surface area contributed by atoms with Crippen LogP contribution >= 0.6 is 0 Å². The molecule has 0 saturated carbocycles. The number of hydrogen-bond donors (Lipinski definition) is 0. The average Bonchev–Trinajstić information content (AvgIpc) is 3.77. The first-order chi connectivity index (χ1) is 24.8. The summed E-state index contributed by atoms with van der Waals surface area (Å²) in [5.41, 5.74) is 13.4. The van der Waals surface area contributed by atoms with Crippen LogP contribution < -0.4 is 0 Å². The van der Waals surface area contributed by atoms with Gasteiger partial charge in [0.25, 0.3) is 0 Å². The van der Waals surface area contributed by atoms with E-state index in [1.807, 2.05) is 24.3 Å². The van der Waals surface area contributed by atoms with Crippen molar-refractivity contribution in [2.24, 2.45) is 0 Å². The van der Waals surface area contributed by atoms with Crippen molar-refractivity contribution in [3.8, 4) is 50.5 Å². The minimum atomic E-state index is 0.639. The quantitative estimate of drug-likeness (QED) is 0.188. The van der Waals surface area contributed by atoms with Gasteiger partial charge in [0, 0.05) is 22.0 Å². The van der Waals surface area contributed by atoms with Crippen LogP contribution in [-0.4, -0.2) is 9.55 Å². The number of aromatic nitrogens is 2. The number of para-hydroxylation sites is 3. The molecule has 0 amide bonds. The van der Waals surface area contributed by atoms with Gasteiger partial charge in [0.1, 0.15) is 5.52 Å². The lowest BCUT2D eigenvalue weighted by molar-refractivity contribution is 0.620. The third-order valence-corrected chi connectivity index (χ3v) is 9.88. The van der Waals surface area contributed by atoms with Gasteiger partial charge in [-0.15, -0.1) is 0 Å². The second kappa shape index (κ2) is 11.5. The molecule has 0 aliphatic rings. The monoisotopic (exact) mass is 638 g/mol. The number of oxazole rings is 1. The minimum absolute atomic E-state index is 0.639. The van der Waals surface area contributed by atoms with Crippen LogP contribution in [0.25, 0.3) is 94.2 Å². The summed E-state index contributed by atoms with van der Waals surface area (Å²) in [5, 5.41) is 5.03. The van der Waals surface area contributed by atoms with E-state index in [0.29, 0.717) is 5.89 Å². The molecule has 8 aromatic carbocycles. The molecule has 0 fully saturated rings. The lowest BCUT2D eigenvalue weighted by Gasteiger charge is -2.10. The highest BCUT2D eigenvalue weighted by atomic mass is 16.3. The standard InChI is InChI=1S/C47H30N2O/c1-2-10-39-34(8-1)9-7-12-40(39)35-20-16-33(17-21-35)37-26-29-45-42(30-37)41-11-3-5-14-44(41)49(45)38-27-24-32(25-28-38)31-18-22-36(23-19-31)47-48-43-13-4-6-15-46(43)50-47/h1-30H. The first-order valence-corrected chi connectivity index (χ1v) is 17.0. The molecule has 0 aliphatic carbocycles. The molecule has 0 spiro atoms. The normalized spacial score (nSPS) is 11.6. The van der Waals surface area contributed by atoms with Crippen molar-refractivity contribution in [2.75, 3.05) is 0 Å². The van der Waals surface area contributed by atoms with E-state index in [4.69, 9.17) is 4.42 Å². The number of fused-ring (bicyclic) bond motifs is 5. The Bertz CT molecular complexity index is 2800. The van der Waals surface area contributed by atoms with Crippen LogP contribution in [-0.2, 0) is 0 Å². The van der Waals surface area contributed by atoms with Crippen LogP contribution in [0, 0.1) is 0 Å². The first kappa shape index (κ1) is 28.3. The molecule has 3 heteroatoms. The maximum absolute atomic E-state index is 5.98. The third kappa shape index (κ3) is 4.71. The molecule has 0 bridgehead atoms. The zero-order chi connectivity index (χ0) is 33.0. The van der Waals surface area contributed by atoms with Gasteiger partial charge in [0.05, 0.1) is 11.0 Å². The summed E-state index contributed by atoms with van der Waals surface area (Å²) in [7, 11) is 0. The van der Waals surface area contributed by atoms with E-state index in [2.05, 4.69) is 167 Å². The smallest absolute Gasteiger partial charge is 0.227 e. The van der Waals surface area contributed by atoms with E-state index in [9.17, 15) is 0 Å². The van der Waals surface area contributed by atoms with Crippen LogP contribution in [0.5, 0.6) is 0 Å². The summed E-state index contributed by atoms with van der Waals surface area (Å²) in [6.45, 7) is 0. The highest BCUT2D eigenvalue weighted by Gasteiger charge is 2.14. The molecule has 0 atom stereocenters. The van der Waals surface area contributed by atoms with Crippen molar-refractivity contribution in [3.63, 3.8) is 0 Å². The Hall–Kier alpha value is -6.71. The Morgan fingerprint density at radius 2 is 0.980 bits per heavy atom. The summed E-state index contributed by atoms with van der Waals surface area (Å²) < 4.78 is 8.35. The van der Waals surface area contributed by atoms with E-state index < -0.39 is 0 Å².